The Morgan fingerprint density at radius 3 is 2.89 bits per heavy atom. The van der Waals surface area contributed by atoms with Crippen molar-refractivity contribution in [2.45, 2.75) is 19.3 Å². The van der Waals surface area contributed by atoms with Gasteiger partial charge in [-0.3, -0.25) is 0 Å². The van der Waals surface area contributed by atoms with Gasteiger partial charge in [0.25, 0.3) is 0 Å². The number of nitrogens with one attached hydrogen (secondary N) is 1. The Morgan fingerprint density at radius 2 is 2.28 bits per heavy atom. The number of hydrogen-bond acceptors (Lipinski definition) is 2. The van der Waals surface area contributed by atoms with Gasteiger partial charge in [-0.1, -0.05) is 40.5 Å². The zero-order valence-electron chi connectivity index (χ0n) is 10.1. The summed E-state index contributed by atoms with van der Waals surface area (Å²) in [5.74, 6) is 1.20. The van der Waals surface area contributed by atoms with Gasteiger partial charge in [0.15, 0.2) is 0 Å². The van der Waals surface area contributed by atoms with Crippen molar-refractivity contribution in [2.75, 3.05) is 6.54 Å². The molecule has 0 radical (unpaired) electrons. The maximum atomic E-state index is 6.22. The van der Waals surface area contributed by atoms with Crippen LogP contribution in [0.1, 0.15) is 25.1 Å². The number of benzene rings is 1. The Labute approximate surface area is 120 Å². The van der Waals surface area contributed by atoms with Gasteiger partial charge in [-0.25, -0.2) is 4.98 Å². The molecule has 2 rings (SSSR count). The zero-order chi connectivity index (χ0) is 13.1. The van der Waals surface area contributed by atoms with Crippen LogP contribution in [0.5, 0.6) is 0 Å². The molecule has 0 amide bonds. The van der Waals surface area contributed by atoms with Gasteiger partial charge in [0, 0.05) is 22.5 Å². The van der Waals surface area contributed by atoms with Gasteiger partial charge in [-0.05, 0) is 18.6 Å². The third-order valence-corrected chi connectivity index (χ3v) is 3.79. The van der Waals surface area contributed by atoms with Crippen molar-refractivity contribution in [1.29, 1.82) is 0 Å². The van der Waals surface area contributed by atoms with E-state index < -0.39 is 0 Å². The van der Waals surface area contributed by atoms with Crippen molar-refractivity contribution in [3.8, 4) is 11.3 Å². The van der Waals surface area contributed by atoms with Crippen molar-refractivity contribution < 1.29 is 0 Å². The lowest BCUT2D eigenvalue weighted by Crippen LogP contribution is -2.12. The van der Waals surface area contributed by atoms with E-state index in [2.05, 4.69) is 32.8 Å². The van der Waals surface area contributed by atoms with Crippen LogP contribution < -0.4 is 5.73 Å². The average Bonchev–Trinajstić information content (AvgIpc) is 2.80. The lowest BCUT2D eigenvalue weighted by molar-refractivity contribution is 0.639. The van der Waals surface area contributed by atoms with Gasteiger partial charge < -0.3 is 10.7 Å². The second kappa shape index (κ2) is 5.87. The molecule has 0 spiro atoms. The molecule has 0 saturated heterocycles. The van der Waals surface area contributed by atoms with E-state index in [0.29, 0.717) is 11.6 Å². The minimum atomic E-state index is 0.271. The summed E-state index contributed by atoms with van der Waals surface area (Å²) in [5, 5.41) is 0.695. The molecular weight excluding hydrogens is 314 g/mol. The Balaban J connectivity index is 2.34. The molecule has 1 atom stereocenters. The number of nitrogens with two attached hydrogens (primary N) is 1. The Morgan fingerprint density at radius 1 is 1.50 bits per heavy atom. The first-order valence-electron chi connectivity index (χ1n) is 5.86. The van der Waals surface area contributed by atoms with Gasteiger partial charge in [0.05, 0.1) is 16.9 Å². The summed E-state index contributed by atoms with van der Waals surface area (Å²) in [5.41, 5.74) is 7.60. The Hall–Kier alpha value is -0.840. The summed E-state index contributed by atoms with van der Waals surface area (Å²) in [4.78, 5) is 7.69. The number of imidazole rings is 1. The smallest absolute Gasteiger partial charge is 0.110 e. The molecule has 1 aromatic heterocycles. The van der Waals surface area contributed by atoms with Crippen LogP contribution in [0.4, 0.5) is 0 Å². The molecule has 96 valence electrons. The normalized spacial score (nSPS) is 12.7. The number of aromatic nitrogens is 2. The van der Waals surface area contributed by atoms with Crippen LogP contribution in [-0.2, 0) is 0 Å². The average molecular weight is 329 g/mol. The van der Waals surface area contributed by atoms with Crippen LogP contribution in [0, 0.1) is 0 Å². The highest BCUT2D eigenvalue weighted by atomic mass is 79.9. The fourth-order valence-electron chi connectivity index (χ4n) is 1.86. The second-order valence-corrected chi connectivity index (χ2v) is 5.47. The van der Waals surface area contributed by atoms with E-state index in [9.17, 15) is 0 Å². The Kier molecular flexibility index (Phi) is 4.43. The van der Waals surface area contributed by atoms with Crippen molar-refractivity contribution in [3.63, 3.8) is 0 Å². The van der Waals surface area contributed by atoms with Crippen LogP contribution in [0.15, 0.2) is 28.9 Å². The number of rotatable bonds is 4. The quantitative estimate of drug-likeness (QED) is 0.893. The fraction of sp³-hybridized carbons (Fsp3) is 0.308. The number of nitrogens with zero attached hydrogens (tertiary/aromatic N) is 1. The number of H-pyrrole nitrogens is 1. The monoisotopic (exact) mass is 327 g/mol. The number of aromatic amines is 1. The van der Waals surface area contributed by atoms with Crippen molar-refractivity contribution >= 4 is 27.5 Å². The number of halogens is 2. The van der Waals surface area contributed by atoms with Crippen LogP contribution in [0.25, 0.3) is 11.3 Å². The Bertz CT molecular complexity index is 535. The van der Waals surface area contributed by atoms with Gasteiger partial charge in [0.1, 0.15) is 5.82 Å². The summed E-state index contributed by atoms with van der Waals surface area (Å²) >= 11 is 9.61. The van der Waals surface area contributed by atoms with E-state index in [1.807, 2.05) is 24.4 Å². The summed E-state index contributed by atoms with van der Waals surface area (Å²) < 4.78 is 0.962. The van der Waals surface area contributed by atoms with Gasteiger partial charge >= 0.3 is 0 Å². The highest BCUT2D eigenvalue weighted by molar-refractivity contribution is 9.10. The molecule has 0 bridgehead atoms. The predicted octanol–water partition coefficient (Wildman–Crippen LogP) is 3.94. The minimum absolute atomic E-state index is 0.271. The van der Waals surface area contributed by atoms with E-state index in [0.717, 1.165) is 28.0 Å². The topological polar surface area (TPSA) is 54.7 Å². The third-order valence-electron chi connectivity index (χ3n) is 2.98. The van der Waals surface area contributed by atoms with Crippen molar-refractivity contribution in [3.05, 3.63) is 39.7 Å². The standard InChI is InChI=1S/C13H15BrClN3/c1-2-8(6-16)13-17-7-12(18-13)10-4-3-9(14)5-11(10)15/h3-5,7-8H,2,6,16H2,1H3,(H,17,18). The van der Waals surface area contributed by atoms with Crippen LogP contribution in [0.2, 0.25) is 5.02 Å². The molecule has 0 fully saturated rings. The van der Waals surface area contributed by atoms with Crippen molar-refractivity contribution in [1.82, 2.24) is 9.97 Å². The zero-order valence-corrected chi connectivity index (χ0v) is 12.4. The molecule has 1 aromatic carbocycles. The number of hydrogen-bond donors (Lipinski definition) is 2. The van der Waals surface area contributed by atoms with Crippen LogP contribution in [-0.4, -0.2) is 16.5 Å². The summed E-state index contributed by atoms with van der Waals surface area (Å²) in [6, 6.07) is 5.80. The first-order chi connectivity index (χ1) is 8.65. The first kappa shape index (κ1) is 13.6. The highest BCUT2D eigenvalue weighted by Crippen LogP contribution is 2.30. The molecule has 3 N–H and O–H groups in total. The molecule has 1 unspecified atom stereocenters. The van der Waals surface area contributed by atoms with E-state index >= 15 is 0 Å². The molecule has 2 aromatic rings. The molecule has 1 heterocycles. The summed E-state index contributed by atoms with van der Waals surface area (Å²) in [6.45, 7) is 2.70. The largest absolute Gasteiger partial charge is 0.342 e. The van der Waals surface area contributed by atoms with Crippen LogP contribution >= 0.6 is 27.5 Å². The minimum Gasteiger partial charge on any atom is -0.342 e. The molecule has 3 nitrogen and oxygen atoms in total. The molecule has 0 saturated carbocycles. The van der Waals surface area contributed by atoms with E-state index in [-0.39, 0.29) is 5.92 Å². The highest BCUT2D eigenvalue weighted by Gasteiger charge is 2.13. The predicted molar refractivity (Wildman–Crippen MR) is 78.8 cm³/mol. The molecule has 0 aliphatic carbocycles. The van der Waals surface area contributed by atoms with Gasteiger partial charge in [-0.2, -0.15) is 0 Å². The molecule has 18 heavy (non-hydrogen) atoms. The molecule has 5 heteroatoms. The van der Waals surface area contributed by atoms with E-state index in [4.69, 9.17) is 17.3 Å². The second-order valence-electron chi connectivity index (χ2n) is 4.15. The summed E-state index contributed by atoms with van der Waals surface area (Å²) in [6.07, 6.45) is 2.78. The first-order valence-corrected chi connectivity index (χ1v) is 7.03. The third kappa shape index (κ3) is 2.76. The molecular formula is C13H15BrClN3. The lowest BCUT2D eigenvalue weighted by atomic mass is 10.1. The SMILES string of the molecule is CCC(CN)c1ncc(-c2ccc(Br)cc2Cl)[nH]1. The van der Waals surface area contributed by atoms with Crippen molar-refractivity contribution in [2.24, 2.45) is 5.73 Å². The van der Waals surface area contributed by atoms with E-state index in [1.165, 1.54) is 0 Å². The fourth-order valence-corrected chi connectivity index (χ4v) is 2.64. The van der Waals surface area contributed by atoms with E-state index in [1.54, 1.807) is 0 Å². The maximum absolute atomic E-state index is 6.22. The van der Waals surface area contributed by atoms with Gasteiger partial charge in [0.2, 0.25) is 0 Å². The molecule has 0 aliphatic rings. The van der Waals surface area contributed by atoms with Crippen LogP contribution in [0.3, 0.4) is 0 Å². The summed E-state index contributed by atoms with van der Waals surface area (Å²) in [7, 11) is 0. The van der Waals surface area contributed by atoms with Gasteiger partial charge in [-0.15, -0.1) is 0 Å². The lowest BCUT2D eigenvalue weighted by Gasteiger charge is -2.08. The maximum Gasteiger partial charge on any atom is 0.110 e. The molecule has 0 aliphatic heterocycles.